The minimum atomic E-state index is 0.491. The largest absolute Gasteiger partial charge is 0.368 e. The summed E-state index contributed by atoms with van der Waals surface area (Å²) in [4.78, 5) is 6.75. The molecule has 0 spiro atoms. The molecule has 0 aliphatic carbocycles. The predicted molar refractivity (Wildman–Crippen MR) is 83.5 cm³/mol. The third kappa shape index (κ3) is 5.19. The first-order valence-electron chi connectivity index (χ1n) is 7.34. The van der Waals surface area contributed by atoms with E-state index < -0.39 is 0 Å². The molecule has 1 heterocycles. The number of hydrogen-bond donors (Lipinski definition) is 1. The molecule has 19 heavy (non-hydrogen) atoms. The van der Waals surface area contributed by atoms with E-state index in [9.17, 15) is 0 Å². The second-order valence-electron chi connectivity index (χ2n) is 6.18. The van der Waals surface area contributed by atoms with Crippen LogP contribution in [0.3, 0.4) is 0 Å². The first-order valence-corrected chi connectivity index (χ1v) is 7.34. The van der Waals surface area contributed by atoms with Crippen molar-refractivity contribution < 1.29 is 0 Å². The maximum Gasteiger partial charge on any atom is 0.0445 e. The Morgan fingerprint density at radius 1 is 1.16 bits per heavy atom. The zero-order valence-electron chi connectivity index (χ0n) is 13.3. The van der Waals surface area contributed by atoms with Crippen LogP contribution in [0.4, 0.5) is 5.69 Å². The van der Waals surface area contributed by atoms with Crippen LogP contribution in [0, 0.1) is 5.92 Å². The van der Waals surface area contributed by atoms with Crippen molar-refractivity contribution in [2.75, 3.05) is 11.4 Å². The average molecular weight is 263 g/mol. The first kappa shape index (κ1) is 16.0. The predicted octanol–water partition coefficient (Wildman–Crippen LogP) is 3.45. The van der Waals surface area contributed by atoms with Crippen molar-refractivity contribution in [3.63, 3.8) is 0 Å². The fourth-order valence-electron chi connectivity index (χ4n) is 2.13. The summed E-state index contributed by atoms with van der Waals surface area (Å²) in [6.45, 7) is 15.3. The Bertz CT molecular complexity index is 372. The Kier molecular flexibility index (Phi) is 6.29. The van der Waals surface area contributed by atoms with Crippen LogP contribution in [-0.4, -0.2) is 23.6 Å². The molecule has 0 aliphatic rings. The van der Waals surface area contributed by atoms with Gasteiger partial charge >= 0.3 is 0 Å². The lowest BCUT2D eigenvalue weighted by Crippen LogP contribution is -2.35. The lowest BCUT2D eigenvalue weighted by Gasteiger charge is -2.32. The summed E-state index contributed by atoms with van der Waals surface area (Å²) in [6.07, 6.45) is 3.88. The summed E-state index contributed by atoms with van der Waals surface area (Å²) < 4.78 is 0. The van der Waals surface area contributed by atoms with Crippen LogP contribution in [0.5, 0.6) is 0 Å². The van der Waals surface area contributed by atoms with Gasteiger partial charge in [0, 0.05) is 48.8 Å². The molecule has 0 aromatic carbocycles. The molecule has 0 fully saturated rings. The Morgan fingerprint density at radius 3 is 2.37 bits per heavy atom. The lowest BCUT2D eigenvalue weighted by atomic mass is 10.1. The van der Waals surface area contributed by atoms with Crippen LogP contribution < -0.4 is 10.2 Å². The van der Waals surface area contributed by atoms with Gasteiger partial charge in [-0.05, 0) is 25.8 Å². The first-order chi connectivity index (χ1) is 8.91. The Hall–Kier alpha value is -1.09. The summed E-state index contributed by atoms with van der Waals surface area (Å²) in [5.41, 5.74) is 2.59. The minimum Gasteiger partial charge on any atom is -0.368 e. The minimum absolute atomic E-state index is 0.491. The molecule has 108 valence electrons. The summed E-state index contributed by atoms with van der Waals surface area (Å²) in [6, 6.07) is 3.13. The highest BCUT2D eigenvalue weighted by Crippen LogP contribution is 2.23. The average Bonchev–Trinajstić information content (AvgIpc) is 2.33. The van der Waals surface area contributed by atoms with Crippen LogP contribution in [0.2, 0.25) is 0 Å². The van der Waals surface area contributed by atoms with E-state index >= 15 is 0 Å². The molecule has 0 aliphatic heterocycles. The van der Waals surface area contributed by atoms with Gasteiger partial charge in [0.2, 0.25) is 0 Å². The number of pyridine rings is 1. The Labute approximate surface area is 118 Å². The van der Waals surface area contributed by atoms with Gasteiger partial charge in [-0.25, -0.2) is 0 Å². The molecule has 0 saturated carbocycles. The number of nitrogens with one attached hydrogen (secondary N) is 1. The van der Waals surface area contributed by atoms with Gasteiger partial charge in [0.05, 0.1) is 0 Å². The van der Waals surface area contributed by atoms with Crippen molar-refractivity contribution in [1.82, 2.24) is 10.3 Å². The highest BCUT2D eigenvalue weighted by atomic mass is 15.2. The maximum absolute atomic E-state index is 4.28. The molecule has 0 radical (unpaired) electrons. The molecule has 1 aromatic heterocycles. The van der Waals surface area contributed by atoms with Gasteiger partial charge in [0.25, 0.3) is 0 Å². The highest BCUT2D eigenvalue weighted by molar-refractivity contribution is 5.53. The quantitative estimate of drug-likeness (QED) is 0.816. The van der Waals surface area contributed by atoms with Crippen molar-refractivity contribution in [3.8, 4) is 0 Å². The summed E-state index contributed by atoms with van der Waals surface area (Å²) in [5.74, 6) is 0.654. The number of rotatable bonds is 7. The van der Waals surface area contributed by atoms with Gasteiger partial charge in [-0.15, -0.1) is 0 Å². The van der Waals surface area contributed by atoms with Gasteiger partial charge in [-0.3, -0.25) is 4.98 Å². The van der Waals surface area contributed by atoms with E-state index in [4.69, 9.17) is 0 Å². The molecule has 0 atom stereocenters. The lowest BCUT2D eigenvalue weighted by molar-refractivity contribution is 0.559. The van der Waals surface area contributed by atoms with E-state index in [1.807, 2.05) is 12.4 Å². The molecule has 1 aromatic rings. The molecule has 3 nitrogen and oxygen atoms in total. The van der Waals surface area contributed by atoms with Crippen molar-refractivity contribution in [3.05, 3.63) is 24.0 Å². The Balaban J connectivity index is 2.94. The highest BCUT2D eigenvalue weighted by Gasteiger charge is 2.15. The number of hydrogen-bond acceptors (Lipinski definition) is 3. The van der Waals surface area contributed by atoms with Crippen molar-refractivity contribution >= 4 is 5.69 Å². The van der Waals surface area contributed by atoms with Gasteiger partial charge in [0.15, 0.2) is 0 Å². The zero-order valence-corrected chi connectivity index (χ0v) is 13.3. The molecule has 0 saturated heterocycles. The van der Waals surface area contributed by atoms with E-state index in [-0.39, 0.29) is 0 Å². The van der Waals surface area contributed by atoms with Crippen molar-refractivity contribution in [2.24, 2.45) is 5.92 Å². The van der Waals surface area contributed by atoms with E-state index in [0.29, 0.717) is 18.0 Å². The summed E-state index contributed by atoms with van der Waals surface area (Å²) in [7, 11) is 0. The van der Waals surface area contributed by atoms with Crippen LogP contribution in [0.1, 0.15) is 47.1 Å². The molecule has 0 amide bonds. The molecular formula is C16H29N3. The van der Waals surface area contributed by atoms with E-state index in [1.54, 1.807) is 0 Å². The Morgan fingerprint density at radius 2 is 1.84 bits per heavy atom. The molecule has 0 bridgehead atoms. The summed E-state index contributed by atoms with van der Waals surface area (Å²) >= 11 is 0. The molecular weight excluding hydrogens is 234 g/mol. The normalized spacial score (nSPS) is 11.6. The fraction of sp³-hybridized carbons (Fsp3) is 0.688. The second-order valence-corrected chi connectivity index (χ2v) is 6.18. The molecule has 1 rings (SSSR count). The van der Waals surface area contributed by atoms with Crippen LogP contribution in [0.15, 0.2) is 18.5 Å². The monoisotopic (exact) mass is 263 g/mol. The zero-order chi connectivity index (χ0) is 14.4. The van der Waals surface area contributed by atoms with E-state index in [1.165, 1.54) is 11.3 Å². The van der Waals surface area contributed by atoms with Crippen molar-refractivity contribution in [1.29, 1.82) is 0 Å². The van der Waals surface area contributed by atoms with E-state index in [2.05, 4.69) is 62.8 Å². The topological polar surface area (TPSA) is 28.2 Å². The number of anilines is 1. The smallest absolute Gasteiger partial charge is 0.0445 e. The molecule has 0 unspecified atom stereocenters. The van der Waals surface area contributed by atoms with Gasteiger partial charge in [-0.2, -0.15) is 0 Å². The SMILES string of the molecule is CC(C)CN(c1ccncc1CNC(C)C)C(C)C. The van der Waals surface area contributed by atoms with Crippen LogP contribution in [-0.2, 0) is 6.54 Å². The van der Waals surface area contributed by atoms with Crippen LogP contribution in [0.25, 0.3) is 0 Å². The maximum atomic E-state index is 4.28. The van der Waals surface area contributed by atoms with Crippen molar-refractivity contribution in [2.45, 2.75) is 60.2 Å². The van der Waals surface area contributed by atoms with E-state index in [0.717, 1.165) is 13.1 Å². The van der Waals surface area contributed by atoms with Gasteiger partial charge in [0.1, 0.15) is 0 Å². The molecule has 3 heteroatoms. The third-order valence-corrected chi connectivity index (χ3v) is 3.07. The standard InChI is InChI=1S/C16H29N3/c1-12(2)11-19(14(5)6)16-7-8-17-9-15(16)10-18-13(3)4/h7-9,12-14,18H,10-11H2,1-6H3. The third-order valence-electron chi connectivity index (χ3n) is 3.07. The fourth-order valence-corrected chi connectivity index (χ4v) is 2.13. The van der Waals surface area contributed by atoms with Gasteiger partial charge < -0.3 is 10.2 Å². The summed E-state index contributed by atoms with van der Waals surface area (Å²) in [5, 5.41) is 3.48. The number of aromatic nitrogens is 1. The van der Waals surface area contributed by atoms with Crippen LogP contribution >= 0.6 is 0 Å². The van der Waals surface area contributed by atoms with Gasteiger partial charge in [-0.1, -0.05) is 27.7 Å². The number of nitrogens with zero attached hydrogens (tertiary/aromatic N) is 2. The molecule has 1 N–H and O–H groups in total. The second kappa shape index (κ2) is 7.49.